The first-order valence-corrected chi connectivity index (χ1v) is 4.48. The van der Waals surface area contributed by atoms with Gasteiger partial charge in [0.15, 0.2) is 0 Å². The van der Waals surface area contributed by atoms with Crippen molar-refractivity contribution < 1.29 is 9.53 Å². The molecule has 0 fully saturated rings. The molecule has 82 valence electrons. The predicted octanol–water partition coefficient (Wildman–Crippen LogP) is 0.0271. The fraction of sp³-hybridized carbons (Fsp3) is 0.300. The van der Waals surface area contributed by atoms with Crippen LogP contribution in [0, 0.1) is 0 Å². The predicted molar refractivity (Wildman–Crippen MR) is 56.9 cm³/mol. The van der Waals surface area contributed by atoms with Crippen molar-refractivity contribution in [3.63, 3.8) is 0 Å². The second-order valence-corrected chi connectivity index (χ2v) is 3.20. The Morgan fingerprint density at radius 1 is 1.53 bits per heavy atom. The van der Waals surface area contributed by atoms with Crippen molar-refractivity contribution in [1.29, 1.82) is 0 Å². The summed E-state index contributed by atoms with van der Waals surface area (Å²) in [5, 5.41) is 0.976. The molecular weight excluding hydrogens is 194 g/mol. The van der Waals surface area contributed by atoms with Crippen LogP contribution in [0.25, 0.3) is 0 Å². The lowest BCUT2D eigenvalue weighted by atomic mass is 10.1. The van der Waals surface area contributed by atoms with Crippen molar-refractivity contribution in [2.24, 2.45) is 11.6 Å². The van der Waals surface area contributed by atoms with E-state index in [2.05, 4.69) is 0 Å². The van der Waals surface area contributed by atoms with Gasteiger partial charge >= 0.3 is 0 Å². The van der Waals surface area contributed by atoms with Crippen LogP contribution in [0.1, 0.15) is 11.6 Å². The van der Waals surface area contributed by atoms with E-state index >= 15 is 0 Å². The maximum absolute atomic E-state index is 11.5. The minimum Gasteiger partial charge on any atom is -0.497 e. The zero-order valence-electron chi connectivity index (χ0n) is 8.81. The number of hydrogen-bond donors (Lipinski definition) is 2. The van der Waals surface area contributed by atoms with Crippen LogP contribution in [-0.4, -0.2) is 25.1 Å². The first-order chi connectivity index (χ1) is 7.06. The molecule has 1 aromatic carbocycles. The molecule has 4 N–H and O–H groups in total. The van der Waals surface area contributed by atoms with Crippen molar-refractivity contribution in [3.8, 4) is 5.75 Å². The number of hydrazine groups is 1. The van der Waals surface area contributed by atoms with Gasteiger partial charge in [-0.05, 0) is 17.7 Å². The summed E-state index contributed by atoms with van der Waals surface area (Å²) in [6.45, 7) is 0. The molecule has 0 aromatic heterocycles. The molecule has 5 nitrogen and oxygen atoms in total. The first-order valence-electron chi connectivity index (χ1n) is 4.48. The van der Waals surface area contributed by atoms with Crippen molar-refractivity contribution in [2.45, 2.75) is 6.04 Å². The van der Waals surface area contributed by atoms with Crippen molar-refractivity contribution in [2.75, 3.05) is 14.2 Å². The largest absolute Gasteiger partial charge is 0.497 e. The zero-order chi connectivity index (χ0) is 11.4. The van der Waals surface area contributed by atoms with E-state index in [1.165, 1.54) is 7.05 Å². The molecule has 1 rings (SSSR count). The smallest absolute Gasteiger partial charge is 0.257 e. The lowest BCUT2D eigenvalue weighted by molar-refractivity contribution is -0.131. The van der Waals surface area contributed by atoms with Crippen LogP contribution < -0.4 is 16.3 Å². The van der Waals surface area contributed by atoms with E-state index in [9.17, 15) is 4.79 Å². The third kappa shape index (κ3) is 2.68. The molecule has 0 spiro atoms. The fourth-order valence-electron chi connectivity index (χ4n) is 1.20. The van der Waals surface area contributed by atoms with Gasteiger partial charge in [0.2, 0.25) is 0 Å². The summed E-state index contributed by atoms with van der Waals surface area (Å²) >= 11 is 0. The Bertz CT molecular complexity index is 352. The molecule has 1 atom stereocenters. The van der Waals surface area contributed by atoms with Gasteiger partial charge in [-0.25, -0.2) is 5.84 Å². The molecule has 0 aliphatic carbocycles. The minimum atomic E-state index is -0.755. The molecule has 1 unspecified atom stereocenters. The van der Waals surface area contributed by atoms with Gasteiger partial charge in [0.25, 0.3) is 5.91 Å². The molecule has 1 aromatic rings. The standard InChI is InChI=1S/C10H15N3O2/c1-13(12)10(14)9(11)7-4-3-5-8(6-7)15-2/h3-6,9H,11-12H2,1-2H3. The quantitative estimate of drug-likeness (QED) is 0.418. The van der Waals surface area contributed by atoms with Gasteiger partial charge in [0.05, 0.1) is 7.11 Å². The Hall–Kier alpha value is -1.59. The number of nitrogens with zero attached hydrogens (tertiary/aromatic N) is 1. The Balaban J connectivity index is 2.90. The van der Waals surface area contributed by atoms with Crippen LogP contribution in [0.2, 0.25) is 0 Å². The van der Waals surface area contributed by atoms with Crippen LogP contribution in [0.3, 0.4) is 0 Å². The lowest BCUT2D eigenvalue weighted by Gasteiger charge is -2.16. The summed E-state index contributed by atoms with van der Waals surface area (Å²) in [4.78, 5) is 11.5. The van der Waals surface area contributed by atoms with Crippen LogP contribution in [0.4, 0.5) is 0 Å². The highest BCUT2D eigenvalue weighted by atomic mass is 16.5. The fourth-order valence-corrected chi connectivity index (χ4v) is 1.20. The van der Waals surface area contributed by atoms with E-state index in [1.54, 1.807) is 31.4 Å². The Morgan fingerprint density at radius 2 is 2.20 bits per heavy atom. The average molecular weight is 209 g/mol. The molecule has 0 bridgehead atoms. The maximum atomic E-state index is 11.5. The first kappa shape index (κ1) is 11.5. The van der Waals surface area contributed by atoms with E-state index < -0.39 is 6.04 Å². The Morgan fingerprint density at radius 3 is 2.73 bits per heavy atom. The van der Waals surface area contributed by atoms with E-state index in [0.717, 1.165) is 5.01 Å². The van der Waals surface area contributed by atoms with Gasteiger partial charge in [0.1, 0.15) is 11.8 Å². The SMILES string of the molecule is COc1cccc(C(N)C(=O)N(C)N)c1. The van der Waals surface area contributed by atoms with E-state index in [4.69, 9.17) is 16.3 Å². The normalized spacial score (nSPS) is 12.0. The molecule has 0 radical (unpaired) electrons. The number of likely N-dealkylation sites (N-methyl/N-ethyl adjacent to an activating group) is 1. The maximum Gasteiger partial charge on any atom is 0.257 e. The molecule has 0 saturated carbocycles. The summed E-state index contributed by atoms with van der Waals surface area (Å²) in [6.07, 6.45) is 0. The highest BCUT2D eigenvalue weighted by Gasteiger charge is 2.18. The number of rotatable bonds is 3. The highest BCUT2D eigenvalue weighted by molar-refractivity contribution is 5.82. The van der Waals surface area contributed by atoms with Gasteiger partial charge in [-0.1, -0.05) is 12.1 Å². The molecule has 0 heterocycles. The van der Waals surface area contributed by atoms with Gasteiger partial charge in [-0.15, -0.1) is 0 Å². The third-order valence-electron chi connectivity index (χ3n) is 2.07. The zero-order valence-corrected chi connectivity index (χ0v) is 8.81. The number of benzene rings is 1. The van der Waals surface area contributed by atoms with Crippen molar-refractivity contribution in [3.05, 3.63) is 29.8 Å². The van der Waals surface area contributed by atoms with Gasteiger partial charge in [-0.3, -0.25) is 9.80 Å². The van der Waals surface area contributed by atoms with Crippen LogP contribution in [-0.2, 0) is 4.79 Å². The topological polar surface area (TPSA) is 81.6 Å². The number of ether oxygens (including phenoxy) is 1. The summed E-state index contributed by atoms with van der Waals surface area (Å²) in [6, 6.07) is 6.28. The number of carbonyl (C=O) groups excluding carboxylic acids is 1. The molecular formula is C10H15N3O2. The summed E-state index contributed by atoms with van der Waals surface area (Å²) in [7, 11) is 3.02. The number of hydrogen-bond acceptors (Lipinski definition) is 4. The van der Waals surface area contributed by atoms with Crippen LogP contribution in [0.15, 0.2) is 24.3 Å². The number of nitrogens with two attached hydrogens (primary N) is 2. The lowest BCUT2D eigenvalue weighted by Crippen LogP contribution is -2.40. The molecule has 15 heavy (non-hydrogen) atoms. The average Bonchev–Trinajstić information content (AvgIpc) is 2.27. The van der Waals surface area contributed by atoms with Crippen LogP contribution >= 0.6 is 0 Å². The highest BCUT2D eigenvalue weighted by Crippen LogP contribution is 2.18. The summed E-state index contributed by atoms with van der Waals surface area (Å²) in [5.41, 5.74) is 6.41. The summed E-state index contributed by atoms with van der Waals surface area (Å²) < 4.78 is 5.03. The molecule has 5 heteroatoms. The van der Waals surface area contributed by atoms with E-state index in [-0.39, 0.29) is 5.91 Å². The van der Waals surface area contributed by atoms with Gasteiger partial charge in [-0.2, -0.15) is 0 Å². The minimum absolute atomic E-state index is 0.344. The van der Waals surface area contributed by atoms with Gasteiger partial charge in [0, 0.05) is 7.05 Å². The van der Waals surface area contributed by atoms with Crippen molar-refractivity contribution in [1.82, 2.24) is 5.01 Å². The molecule has 0 aliphatic rings. The third-order valence-corrected chi connectivity index (χ3v) is 2.07. The second kappa shape index (κ2) is 4.77. The number of methoxy groups -OCH3 is 1. The Labute approximate surface area is 88.6 Å². The second-order valence-electron chi connectivity index (χ2n) is 3.20. The Kier molecular flexibility index (Phi) is 3.65. The molecule has 1 amide bonds. The molecule has 0 saturated heterocycles. The van der Waals surface area contributed by atoms with E-state index in [1.807, 2.05) is 0 Å². The van der Waals surface area contributed by atoms with Crippen molar-refractivity contribution >= 4 is 5.91 Å². The monoisotopic (exact) mass is 209 g/mol. The van der Waals surface area contributed by atoms with E-state index in [0.29, 0.717) is 11.3 Å². The van der Waals surface area contributed by atoms with Crippen LogP contribution in [0.5, 0.6) is 5.75 Å². The summed E-state index contributed by atoms with van der Waals surface area (Å²) in [5.74, 6) is 5.64. The number of carbonyl (C=O) groups is 1. The van der Waals surface area contributed by atoms with Gasteiger partial charge < -0.3 is 10.5 Å². The molecule has 0 aliphatic heterocycles. The number of amides is 1.